The van der Waals surface area contributed by atoms with Crippen molar-refractivity contribution in [2.24, 2.45) is 0 Å². The van der Waals surface area contributed by atoms with E-state index in [0.717, 1.165) is 0 Å². The van der Waals surface area contributed by atoms with Crippen LogP contribution >= 0.6 is 0 Å². The monoisotopic (exact) mass is 138 g/mol. The Morgan fingerprint density at radius 1 is 1.38 bits per heavy atom. The van der Waals surface area contributed by atoms with Crippen LogP contribution in [0.5, 0.6) is 0 Å². The molecule has 0 amide bonds. The predicted octanol–water partition coefficient (Wildman–Crippen LogP) is -1.04. The zero-order valence-electron chi connectivity index (χ0n) is 3.66. The fourth-order valence-corrected chi connectivity index (χ4v) is 1.30. The first-order valence-corrected chi connectivity index (χ1v) is 3.25. The molecule has 0 saturated carbocycles. The van der Waals surface area contributed by atoms with E-state index in [1.54, 1.807) is 0 Å². The van der Waals surface area contributed by atoms with Gasteiger partial charge in [0.2, 0.25) is 0 Å². The van der Waals surface area contributed by atoms with Gasteiger partial charge in [0.15, 0.2) is 0 Å². The van der Waals surface area contributed by atoms with Crippen LogP contribution in [0.3, 0.4) is 0 Å². The molecule has 2 rings (SSSR count). The molecule has 2 heterocycles. The summed E-state index contributed by atoms with van der Waals surface area (Å²) in [5, 5.41) is 0. The molecule has 0 aromatic heterocycles. The van der Waals surface area contributed by atoms with E-state index in [4.69, 9.17) is 0 Å². The third kappa shape index (κ3) is 0.480. The lowest BCUT2D eigenvalue weighted by atomic mass is 10.8. The van der Waals surface area contributed by atoms with Gasteiger partial charge in [-0.05, 0) is 0 Å². The molecule has 0 aromatic carbocycles. The van der Waals surface area contributed by atoms with Crippen LogP contribution in [-0.4, -0.2) is 21.0 Å². The topological polar surface area (TPSA) is 65.1 Å². The van der Waals surface area contributed by atoms with Crippen LogP contribution in [0.1, 0.15) is 0 Å². The van der Waals surface area contributed by atoms with Gasteiger partial charge >= 0.3 is 16.4 Å². The van der Waals surface area contributed by atoms with Gasteiger partial charge < -0.3 is 4.74 Å². The normalized spacial score (nSPS) is 36.5. The molecule has 0 N–H and O–H groups in total. The van der Waals surface area contributed by atoms with Crippen LogP contribution in [0.15, 0.2) is 0 Å². The minimum atomic E-state index is -3.65. The number of rotatable bonds is 0. The van der Waals surface area contributed by atoms with Gasteiger partial charge in [0.05, 0.1) is 0 Å². The summed E-state index contributed by atoms with van der Waals surface area (Å²) in [4.78, 5) is 0. The van der Waals surface area contributed by atoms with Gasteiger partial charge in [-0.15, -0.1) is 0 Å². The van der Waals surface area contributed by atoms with E-state index in [-0.39, 0.29) is 6.61 Å². The van der Waals surface area contributed by atoms with Crippen molar-refractivity contribution < 1.29 is 21.5 Å². The Morgan fingerprint density at radius 2 is 1.88 bits per heavy atom. The lowest BCUT2D eigenvalue weighted by molar-refractivity contribution is -0.175. The highest BCUT2D eigenvalue weighted by atomic mass is 32.3. The van der Waals surface area contributed by atoms with Crippen LogP contribution < -0.4 is 0 Å². The molecule has 2 aliphatic heterocycles. The van der Waals surface area contributed by atoms with Gasteiger partial charge in [0.1, 0.15) is 6.61 Å². The number of hydrogen-bond acceptors (Lipinski definition) is 5. The molecule has 8 heavy (non-hydrogen) atoms. The summed E-state index contributed by atoms with van der Waals surface area (Å²) in [6.07, 6.45) is 0. The van der Waals surface area contributed by atoms with E-state index < -0.39 is 16.4 Å². The van der Waals surface area contributed by atoms with Gasteiger partial charge in [-0.25, -0.2) is 0 Å². The zero-order chi connectivity index (χ0) is 5.83. The Balaban J connectivity index is 2.21. The van der Waals surface area contributed by atoms with Gasteiger partial charge in [0, 0.05) is 0 Å². The molecule has 0 aromatic rings. The second kappa shape index (κ2) is 0.926. The molecule has 0 bridgehead atoms. The average molecular weight is 138 g/mol. The maximum Gasteiger partial charge on any atom is 0.409 e. The van der Waals surface area contributed by atoms with Crippen molar-refractivity contribution in [2.45, 2.75) is 5.97 Å². The van der Waals surface area contributed by atoms with E-state index in [2.05, 4.69) is 13.1 Å². The summed E-state index contributed by atoms with van der Waals surface area (Å²) in [6, 6.07) is 0. The van der Waals surface area contributed by atoms with E-state index >= 15 is 0 Å². The lowest BCUT2D eigenvalue weighted by Crippen LogP contribution is -2.39. The molecule has 46 valence electrons. The summed E-state index contributed by atoms with van der Waals surface area (Å²) in [5.74, 6) is -1.18. The van der Waals surface area contributed by atoms with Gasteiger partial charge in [-0.3, -0.25) is 0 Å². The van der Waals surface area contributed by atoms with Crippen molar-refractivity contribution in [1.82, 2.24) is 0 Å². The Bertz CT molecular complexity index is 197. The van der Waals surface area contributed by atoms with Crippen LogP contribution in [0.2, 0.25) is 0 Å². The SMILES string of the molecule is O=S1(=O)OC2(CO2)O1. The minimum absolute atomic E-state index is 0.215. The third-order valence-corrected chi connectivity index (χ3v) is 1.75. The van der Waals surface area contributed by atoms with E-state index in [9.17, 15) is 8.42 Å². The fourth-order valence-electron chi connectivity index (χ4n) is 0.472. The number of ether oxygens (including phenoxy) is 1. The van der Waals surface area contributed by atoms with Gasteiger partial charge in [-0.2, -0.15) is 16.8 Å². The van der Waals surface area contributed by atoms with Crippen LogP contribution in [-0.2, 0) is 23.5 Å². The highest BCUT2D eigenvalue weighted by Gasteiger charge is 2.65. The van der Waals surface area contributed by atoms with Crippen LogP contribution in [0.25, 0.3) is 0 Å². The molecule has 0 aliphatic carbocycles. The quantitative estimate of drug-likeness (QED) is 0.400. The van der Waals surface area contributed by atoms with Gasteiger partial charge in [0.25, 0.3) is 0 Å². The zero-order valence-corrected chi connectivity index (χ0v) is 4.47. The fraction of sp³-hybridized carbons (Fsp3) is 1.00. The molecule has 0 radical (unpaired) electrons. The molecule has 2 saturated heterocycles. The molecule has 5 nitrogen and oxygen atoms in total. The van der Waals surface area contributed by atoms with Crippen LogP contribution in [0.4, 0.5) is 0 Å². The first-order valence-electron chi connectivity index (χ1n) is 1.92. The predicted molar refractivity (Wildman–Crippen MR) is 19.8 cm³/mol. The highest BCUT2D eigenvalue weighted by molar-refractivity contribution is 7.82. The first-order chi connectivity index (χ1) is 3.62. The molecule has 0 atom stereocenters. The summed E-state index contributed by atoms with van der Waals surface area (Å²) in [7, 11) is -3.65. The summed E-state index contributed by atoms with van der Waals surface area (Å²) in [5.41, 5.74) is 0. The maximum absolute atomic E-state index is 10.0. The standard InChI is InChI=1S/C2H2O5S/c3-8(4)6-2(7-8)1-5-2/h1H2. The molecule has 6 heteroatoms. The van der Waals surface area contributed by atoms with Crippen molar-refractivity contribution in [2.75, 3.05) is 6.61 Å². The van der Waals surface area contributed by atoms with Crippen molar-refractivity contribution >= 4 is 10.4 Å². The van der Waals surface area contributed by atoms with E-state index in [0.29, 0.717) is 0 Å². The average Bonchev–Trinajstić information content (AvgIpc) is 2.12. The first kappa shape index (κ1) is 4.68. The number of epoxide rings is 1. The van der Waals surface area contributed by atoms with Crippen molar-refractivity contribution in [3.8, 4) is 0 Å². The molecule has 1 spiro atoms. The summed E-state index contributed by atoms with van der Waals surface area (Å²) in [6.45, 7) is 0.215. The highest BCUT2D eigenvalue weighted by Crippen LogP contribution is 2.42. The Morgan fingerprint density at radius 3 is 2.00 bits per heavy atom. The maximum atomic E-state index is 10.0. The van der Waals surface area contributed by atoms with Crippen molar-refractivity contribution in [3.63, 3.8) is 0 Å². The Kier molecular flexibility index (Phi) is 0.542. The lowest BCUT2D eigenvalue weighted by Gasteiger charge is -2.19. The smallest absolute Gasteiger partial charge is 0.315 e. The largest absolute Gasteiger partial charge is 0.409 e. The van der Waals surface area contributed by atoms with Crippen molar-refractivity contribution in [3.05, 3.63) is 0 Å². The Hall–Kier alpha value is -0.170. The molecular weight excluding hydrogens is 136 g/mol. The second-order valence-corrected chi connectivity index (χ2v) is 2.70. The molecule has 2 fully saturated rings. The molecular formula is C2H2O5S. The van der Waals surface area contributed by atoms with Crippen LogP contribution in [0, 0.1) is 0 Å². The third-order valence-electron chi connectivity index (χ3n) is 0.838. The summed E-state index contributed by atoms with van der Waals surface area (Å²) >= 11 is 0. The number of hydrogen-bond donors (Lipinski definition) is 0. The van der Waals surface area contributed by atoms with E-state index in [1.165, 1.54) is 0 Å². The Labute approximate surface area is 45.5 Å². The summed E-state index contributed by atoms with van der Waals surface area (Å²) < 4.78 is 32.8. The molecule has 2 aliphatic rings. The van der Waals surface area contributed by atoms with Crippen molar-refractivity contribution in [1.29, 1.82) is 0 Å². The van der Waals surface area contributed by atoms with E-state index in [1.807, 2.05) is 0 Å². The molecule has 0 unspecified atom stereocenters. The minimum Gasteiger partial charge on any atom is -0.315 e. The van der Waals surface area contributed by atoms with Gasteiger partial charge in [-0.1, -0.05) is 0 Å². The second-order valence-electron chi connectivity index (χ2n) is 1.55.